The molecule has 0 bridgehead atoms. The highest BCUT2D eigenvalue weighted by Crippen LogP contribution is 2.16. The number of hydrogen-bond acceptors (Lipinski definition) is 3. The highest BCUT2D eigenvalue weighted by Gasteiger charge is 2.27. The quantitative estimate of drug-likeness (QED) is 0.746. The Kier molecular flexibility index (Phi) is 6.12. The van der Waals surface area contributed by atoms with E-state index in [1.807, 2.05) is 11.8 Å². The van der Waals surface area contributed by atoms with Crippen LogP contribution >= 0.6 is 0 Å². The molecule has 5 heteroatoms. The Morgan fingerprint density at radius 3 is 2.83 bits per heavy atom. The summed E-state index contributed by atoms with van der Waals surface area (Å²) in [4.78, 5) is 24.5. The number of carboxylic acid groups (broad SMARTS) is 1. The lowest BCUT2D eigenvalue weighted by Gasteiger charge is -2.31. The summed E-state index contributed by atoms with van der Waals surface area (Å²) < 4.78 is 0. The van der Waals surface area contributed by atoms with Gasteiger partial charge in [0.15, 0.2) is 0 Å². The maximum Gasteiger partial charge on any atom is 0.317 e. The molecule has 1 amide bonds. The van der Waals surface area contributed by atoms with E-state index in [-0.39, 0.29) is 24.4 Å². The van der Waals surface area contributed by atoms with Gasteiger partial charge in [0.2, 0.25) is 5.91 Å². The van der Waals surface area contributed by atoms with Crippen molar-refractivity contribution in [1.82, 2.24) is 10.2 Å². The molecule has 2 unspecified atom stereocenters. The molecule has 1 fully saturated rings. The van der Waals surface area contributed by atoms with E-state index in [9.17, 15) is 9.59 Å². The number of piperidine rings is 1. The Labute approximate surface area is 109 Å². The zero-order valence-electron chi connectivity index (χ0n) is 11.3. The fourth-order valence-corrected chi connectivity index (χ4v) is 2.47. The molecule has 1 aliphatic heterocycles. The molecule has 0 aromatic carbocycles. The number of nitrogens with one attached hydrogen (secondary N) is 1. The zero-order valence-corrected chi connectivity index (χ0v) is 11.3. The first-order chi connectivity index (χ1) is 8.52. The number of likely N-dealkylation sites (tertiary alicyclic amines) is 1. The van der Waals surface area contributed by atoms with Crippen LogP contribution < -0.4 is 5.32 Å². The van der Waals surface area contributed by atoms with Crippen molar-refractivity contribution in [2.75, 3.05) is 19.6 Å². The standard InChI is InChI=1S/C13H24N2O3/c1-3-5-10(2)14-13(18)11-6-4-7-15(8-11)9-12(16)17/h10-11H,3-9H2,1-2H3,(H,14,18)(H,16,17). The first-order valence-electron chi connectivity index (χ1n) is 6.77. The van der Waals surface area contributed by atoms with Crippen molar-refractivity contribution in [2.45, 2.75) is 45.6 Å². The van der Waals surface area contributed by atoms with Gasteiger partial charge in [0.25, 0.3) is 0 Å². The number of amides is 1. The van der Waals surface area contributed by atoms with Gasteiger partial charge >= 0.3 is 5.97 Å². The molecule has 0 saturated carbocycles. The van der Waals surface area contributed by atoms with Crippen LogP contribution in [0.2, 0.25) is 0 Å². The number of carbonyl (C=O) groups is 2. The Hall–Kier alpha value is -1.10. The number of nitrogens with zero attached hydrogens (tertiary/aromatic N) is 1. The van der Waals surface area contributed by atoms with E-state index in [1.165, 1.54) is 0 Å². The normalized spacial score (nSPS) is 22.4. The molecule has 0 spiro atoms. The van der Waals surface area contributed by atoms with Crippen LogP contribution in [0, 0.1) is 5.92 Å². The summed E-state index contributed by atoms with van der Waals surface area (Å²) in [5.41, 5.74) is 0. The maximum absolute atomic E-state index is 12.0. The van der Waals surface area contributed by atoms with Gasteiger partial charge < -0.3 is 10.4 Å². The molecule has 2 N–H and O–H groups in total. The number of carbonyl (C=O) groups excluding carboxylic acids is 1. The summed E-state index contributed by atoms with van der Waals surface area (Å²) in [5, 5.41) is 11.8. The molecule has 0 aromatic heterocycles. The lowest BCUT2D eigenvalue weighted by molar-refractivity contribution is -0.140. The van der Waals surface area contributed by atoms with E-state index in [0.717, 1.165) is 32.2 Å². The third-order valence-corrected chi connectivity index (χ3v) is 3.35. The average molecular weight is 256 g/mol. The second-order valence-corrected chi connectivity index (χ2v) is 5.17. The molecule has 1 aliphatic rings. The molecule has 104 valence electrons. The highest BCUT2D eigenvalue weighted by atomic mass is 16.4. The van der Waals surface area contributed by atoms with Crippen molar-refractivity contribution in [3.63, 3.8) is 0 Å². The number of carboxylic acids is 1. The molecule has 0 aromatic rings. The third kappa shape index (κ3) is 5.04. The summed E-state index contributed by atoms with van der Waals surface area (Å²) in [6, 6.07) is 0.206. The highest BCUT2D eigenvalue weighted by molar-refractivity contribution is 5.79. The summed E-state index contributed by atoms with van der Waals surface area (Å²) in [6.07, 6.45) is 3.79. The van der Waals surface area contributed by atoms with Crippen molar-refractivity contribution < 1.29 is 14.7 Å². The van der Waals surface area contributed by atoms with E-state index in [1.54, 1.807) is 0 Å². The number of hydrogen-bond donors (Lipinski definition) is 2. The van der Waals surface area contributed by atoms with Crippen molar-refractivity contribution >= 4 is 11.9 Å². The molecular formula is C13H24N2O3. The van der Waals surface area contributed by atoms with Gasteiger partial charge in [-0.2, -0.15) is 0 Å². The minimum Gasteiger partial charge on any atom is -0.480 e. The van der Waals surface area contributed by atoms with Crippen LogP contribution in [0.15, 0.2) is 0 Å². The van der Waals surface area contributed by atoms with Crippen molar-refractivity contribution in [1.29, 1.82) is 0 Å². The van der Waals surface area contributed by atoms with Gasteiger partial charge in [0.1, 0.15) is 0 Å². The first-order valence-corrected chi connectivity index (χ1v) is 6.77. The van der Waals surface area contributed by atoms with Gasteiger partial charge in [-0.25, -0.2) is 0 Å². The Morgan fingerprint density at radius 1 is 1.50 bits per heavy atom. The van der Waals surface area contributed by atoms with Crippen LogP contribution in [0.5, 0.6) is 0 Å². The topological polar surface area (TPSA) is 69.6 Å². The third-order valence-electron chi connectivity index (χ3n) is 3.35. The summed E-state index contributed by atoms with van der Waals surface area (Å²) in [6.45, 7) is 5.49. The molecule has 5 nitrogen and oxygen atoms in total. The molecule has 1 saturated heterocycles. The monoisotopic (exact) mass is 256 g/mol. The predicted octanol–water partition coefficient (Wildman–Crippen LogP) is 1.09. The molecular weight excluding hydrogens is 232 g/mol. The van der Waals surface area contributed by atoms with Gasteiger partial charge in [0, 0.05) is 12.6 Å². The van der Waals surface area contributed by atoms with Crippen LogP contribution in [-0.4, -0.2) is 47.6 Å². The fraction of sp³-hybridized carbons (Fsp3) is 0.846. The largest absolute Gasteiger partial charge is 0.480 e. The van der Waals surface area contributed by atoms with E-state index in [0.29, 0.717) is 6.54 Å². The smallest absolute Gasteiger partial charge is 0.317 e. The number of aliphatic carboxylic acids is 1. The Morgan fingerprint density at radius 2 is 2.22 bits per heavy atom. The second kappa shape index (κ2) is 7.36. The van der Waals surface area contributed by atoms with Gasteiger partial charge in [0.05, 0.1) is 12.5 Å². The van der Waals surface area contributed by atoms with Gasteiger partial charge in [-0.05, 0) is 32.7 Å². The van der Waals surface area contributed by atoms with E-state index in [2.05, 4.69) is 12.2 Å². The lowest BCUT2D eigenvalue weighted by Crippen LogP contribution is -2.46. The molecule has 1 heterocycles. The van der Waals surface area contributed by atoms with Crippen LogP contribution in [0.4, 0.5) is 0 Å². The molecule has 2 atom stereocenters. The maximum atomic E-state index is 12.0. The van der Waals surface area contributed by atoms with Crippen molar-refractivity contribution in [3.05, 3.63) is 0 Å². The Balaban J connectivity index is 2.40. The summed E-state index contributed by atoms with van der Waals surface area (Å²) in [5.74, 6) is -0.807. The van der Waals surface area contributed by atoms with Crippen molar-refractivity contribution in [3.8, 4) is 0 Å². The molecule has 0 radical (unpaired) electrons. The van der Waals surface area contributed by atoms with Crippen LogP contribution in [-0.2, 0) is 9.59 Å². The first kappa shape index (κ1) is 15.0. The minimum atomic E-state index is -0.824. The fourth-order valence-electron chi connectivity index (χ4n) is 2.47. The van der Waals surface area contributed by atoms with Crippen LogP contribution in [0.1, 0.15) is 39.5 Å². The Bertz CT molecular complexity index is 294. The lowest BCUT2D eigenvalue weighted by atomic mass is 9.96. The van der Waals surface area contributed by atoms with Gasteiger partial charge in [-0.1, -0.05) is 13.3 Å². The van der Waals surface area contributed by atoms with E-state index in [4.69, 9.17) is 5.11 Å². The van der Waals surface area contributed by atoms with Crippen molar-refractivity contribution in [2.24, 2.45) is 5.92 Å². The summed E-state index contributed by atoms with van der Waals surface area (Å²) >= 11 is 0. The van der Waals surface area contributed by atoms with E-state index < -0.39 is 5.97 Å². The summed E-state index contributed by atoms with van der Waals surface area (Å²) in [7, 11) is 0. The zero-order chi connectivity index (χ0) is 13.5. The van der Waals surface area contributed by atoms with Gasteiger partial charge in [-0.15, -0.1) is 0 Å². The average Bonchev–Trinajstić information content (AvgIpc) is 2.28. The number of rotatable bonds is 6. The molecule has 18 heavy (non-hydrogen) atoms. The molecule has 1 rings (SSSR count). The second-order valence-electron chi connectivity index (χ2n) is 5.17. The SMILES string of the molecule is CCCC(C)NC(=O)C1CCCN(CC(=O)O)C1. The van der Waals surface area contributed by atoms with E-state index >= 15 is 0 Å². The molecule has 0 aliphatic carbocycles. The predicted molar refractivity (Wildman–Crippen MR) is 69.3 cm³/mol. The van der Waals surface area contributed by atoms with Gasteiger partial charge in [-0.3, -0.25) is 14.5 Å². The van der Waals surface area contributed by atoms with Crippen LogP contribution in [0.25, 0.3) is 0 Å². The minimum absolute atomic E-state index is 0.0360. The van der Waals surface area contributed by atoms with Crippen LogP contribution in [0.3, 0.4) is 0 Å².